The fraction of sp³-hybridized carbons (Fsp3) is 0.579. The topological polar surface area (TPSA) is 133 Å². The lowest BCUT2D eigenvalue weighted by Gasteiger charge is -2.14. The van der Waals surface area contributed by atoms with E-state index in [4.69, 9.17) is 0 Å². The van der Waals surface area contributed by atoms with Gasteiger partial charge in [0.1, 0.15) is 0 Å². The Bertz CT molecular complexity index is 754. The van der Waals surface area contributed by atoms with Gasteiger partial charge in [0.2, 0.25) is 23.6 Å². The van der Waals surface area contributed by atoms with E-state index in [1.807, 2.05) is 0 Å². The number of carbonyl (C=O) groups is 6. The van der Waals surface area contributed by atoms with Crippen molar-refractivity contribution in [1.29, 1.82) is 0 Å². The molecule has 2 heterocycles. The number of hydrogen-bond acceptors (Lipinski definition) is 8. The summed E-state index contributed by atoms with van der Waals surface area (Å²) in [5.74, 6) is -0.623. The highest BCUT2D eigenvalue weighted by Crippen LogP contribution is 2.20. The van der Waals surface area contributed by atoms with Crippen LogP contribution >= 0.6 is 21.6 Å². The number of likely N-dealkylation sites (tertiary alicyclic amines) is 1. The van der Waals surface area contributed by atoms with Crippen molar-refractivity contribution in [3.63, 3.8) is 0 Å². The average Bonchev–Trinajstić information content (AvgIpc) is 3.17. The van der Waals surface area contributed by atoms with Crippen molar-refractivity contribution in [3.05, 3.63) is 12.2 Å². The Kier molecular flexibility index (Phi) is 10.0. The molecule has 0 saturated carbocycles. The smallest absolute Gasteiger partial charge is 0.253 e. The lowest BCUT2D eigenvalue weighted by atomic mass is 10.1. The molecule has 0 bridgehead atoms. The van der Waals surface area contributed by atoms with E-state index in [0.717, 1.165) is 9.80 Å². The molecule has 1 fully saturated rings. The van der Waals surface area contributed by atoms with Crippen LogP contribution in [0, 0.1) is 5.92 Å². The lowest BCUT2D eigenvalue weighted by molar-refractivity contribution is -0.140. The van der Waals surface area contributed by atoms with E-state index < -0.39 is 11.8 Å². The van der Waals surface area contributed by atoms with Crippen LogP contribution in [0.4, 0.5) is 0 Å². The standard InChI is InChI=1S/C19H26N4O6S2/c1-13-12-18(28)23(19(13)29)9-5-15(25)21-7-11-31-30-10-6-20-14(24)4-8-22-16(26)2-3-17(22)27/h2-3,13H,4-12H2,1H3,(H,20,24)(H,21,25). The van der Waals surface area contributed by atoms with Gasteiger partial charge in [-0.15, -0.1) is 0 Å². The second-order valence-electron chi connectivity index (χ2n) is 6.99. The molecule has 1 atom stereocenters. The molecule has 0 aromatic carbocycles. The van der Waals surface area contributed by atoms with Crippen LogP contribution in [0.5, 0.6) is 0 Å². The van der Waals surface area contributed by atoms with Crippen molar-refractivity contribution in [2.24, 2.45) is 5.92 Å². The van der Waals surface area contributed by atoms with E-state index in [-0.39, 0.29) is 61.9 Å². The van der Waals surface area contributed by atoms with Crippen LogP contribution in [0.1, 0.15) is 26.2 Å². The Balaban J connectivity index is 1.42. The molecule has 12 heteroatoms. The first-order valence-corrected chi connectivity index (χ1v) is 12.4. The zero-order valence-electron chi connectivity index (χ0n) is 17.3. The van der Waals surface area contributed by atoms with Crippen molar-refractivity contribution < 1.29 is 28.8 Å². The van der Waals surface area contributed by atoms with Crippen LogP contribution in [0.2, 0.25) is 0 Å². The number of carbonyl (C=O) groups excluding carboxylic acids is 6. The molecule has 0 spiro atoms. The summed E-state index contributed by atoms with van der Waals surface area (Å²) in [5.41, 5.74) is 0. The Morgan fingerprint density at radius 1 is 0.903 bits per heavy atom. The molecule has 2 rings (SSSR count). The van der Waals surface area contributed by atoms with Gasteiger partial charge < -0.3 is 10.6 Å². The summed E-state index contributed by atoms with van der Waals surface area (Å²) in [4.78, 5) is 72.0. The summed E-state index contributed by atoms with van der Waals surface area (Å²) < 4.78 is 0. The molecule has 2 aliphatic heterocycles. The maximum atomic E-state index is 11.8. The molecule has 1 saturated heterocycles. The normalized spacial score (nSPS) is 18.3. The van der Waals surface area contributed by atoms with Gasteiger partial charge >= 0.3 is 0 Å². The maximum Gasteiger partial charge on any atom is 0.253 e. The third-order valence-corrected chi connectivity index (χ3v) is 7.00. The average molecular weight is 471 g/mol. The number of hydrogen-bond donors (Lipinski definition) is 2. The molecule has 0 radical (unpaired) electrons. The van der Waals surface area contributed by atoms with E-state index in [2.05, 4.69) is 10.6 Å². The molecule has 6 amide bonds. The quantitative estimate of drug-likeness (QED) is 0.213. The number of amides is 6. The molecule has 170 valence electrons. The molecule has 1 unspecified atom stereocenters. The van der Waals surface area contributed by atoms with Gasteiger partial charge in [-0.1, -0.05) is 28.5 Å². The highest BCUT2D eigenvalue weighted by atomic mass is 33.1. The highest BCUT2D eigenvalue weighted by Gasteiger charge is 2.35. The van der Waals surface area contributed by atoms with Gasteiger partial charge in [-0.05, 0) is 0 Å². The van der Waals surface area contributed by atoms with Crippen molar-refractivity contribution >= 4 is 57.0 Å². The van der Waals surface area contributed by atoms with E-state index in [1.165, 1.54) is 12.2 Å². The lowest BCUT2D eigenvalue weighted by Crippen LogP contribution is -2.35. The van der Waals surface area contributed by atoms with Gasteiger partial charge in [-0.3, -0.25) is 38.6 Å². The Hall–Kier alpha value is -2.34. The van der Waals surface area contributed by atoms with Gasteiger partial charge in [0.05, 0.1) is 0 Å². The van der Waals surface area contributed by atoms with Gasteiger partial charge in [0, 0.05) is 75.0 Å². The largest absolute Gasteiger partial charge is 0.355 e. The first-order chi connectivity index (χ1) is 14.8. The molecule has 0 aromatic heterocycles. The molecule has 10 nitrogen and oxygen atoms in total. The van der Waals surface area contributed by atoms with Crippen LogP contribution in [-0.4, -0.2) is 82.9 Å². The number of imide groups is 2. The summed E-state index contributed by atoms with van der Waals surface area (Å²) in [6.45, 7) is 2.81. The van der Waals surface area contributed by atoms with Gasteiger partial charge in [0.15, 0.2) is 0 Å². The summed E-state index contributed by atoms with van der Waals surface area (Å²) >= 11 is 0. The monoisotopic (exact) mass is 470 g/mol. The molecule has 0 aromatic rings. The van der Waals surface area contributed by atoms with Crippen molar-refractivity contribution in [2.45, 2.75) is 26.2 Å². The van der Waals surface area contributed by atoms with E-state index >= 15 is 0 Å². The van der Waals surface area contributed by atoms with Crippen LogP contribution in [-0.2, 0) is 28.8 Å². The summed E-state index contributed by atoms with van der Waals surface area (Å²) in [7, 11) is 3.10. The Morgan fingerprint density at radius 3 is 1.84 bits per heavy atom. The van der Waals surface area contributed by atoms with Gasteiger partial charge in [-0.2, -0.15) is 0 Å². The number of rotatable bonds is 13. The third-order valence-electron chi connectivity index (χ3n) is 4.59. The van der Waals surface area contributed by atoms with E-state index in [1.54, 1.807) is 28.5 Å². The van der Waals surface area contributed by atoms with Crippen LogP contribution in [0.25, 0.3) is 0 Å². The van der Waals surface area contributed by atoms with E-state index in [0.29, 0.717) is 24.6 Å². The first-order valence-electron chi connectivity index (χ1n) is 9.95. The molecular formula is C19H26N4O6S2. The molecule has 2 N–H and O–H groups in total. The second-order valence-corrected chi connectivity index (χ2v) is 9.70. The maximum absolute atomic E-state index is 11.8. The molecule has 2 aliphatic rings. The van der Waals surface area contributed by atoms with Crippen molar-refractivity contribution in [2.75, 3.05) is 37.7 Å². The van der Waals surface area contributed by atoms with Crippen LogP contribution in [0.15, 0.2) is 12.2 Å². The highest BCUT2D eigenvalue weighted by molar-refractivity contribution is 8.76. The Morgan fingerprint density at radius 2 is 1.39 bits per heavy atom. The second kappa shape index (κ2) is 12.5. The predicted molar refractivity (Wildman–Crippen MR) is 117 cm³/mol. The van der Waals surface area contributed by atoms with E-state index in [9.17, 15) is 28.8 Å². The molecule has 0 aliphatic carbocycles. The summed E-state index contributed by atoms with van der Waals surface area (Å²) in [6.07, 6.45) is 2.75. The minimum atomic E-state index is -0.399. The predicted octanol–water partition coefficient (Wildman–Crippen LogP) is -0.300. The molecule has 31 heavy (non-hydrogen) atoms. The third kappa shape index (κ3) is 8.02. The number of nitrogens with zero attached hydrogens (tertiary/aromatic N) is 2. The number of nitrogens with one attached hydrogen (secondary N) is 2. The minimum Gasteiger partial charge on any atom is -0.355 e. The van der Waals surface area contributed by atoms with Crippen LogP contribution in [0.3, 0.4) is 0 Å². The Labute approximate surface area is 188 Å². The summed E-state index contributed by atoms with van der Waals surface area (Å²) in [6, 6.07) is 0. The zero-order chi connectivity index (χ0) is 22.8. The van der Waals surface area contributed by atoms with Crippen molar-refractivity contribution in [3.8, 4) is 0 Å². The molecular weight excluding hydrogens is 444 g/mol. The van der Waals surface area contributed by atoms with Gasteiger partial charge in [0.25, 0.3) is 11.8 Å². The minimum absolute atomic E-state index is 0.0660. The zero-order valence-corrected chi connectivity index (χ0v) is 18.9. The fourth-order valence-corrected chi connectivity index (χ4v) is 4.73. The van der Waals surface area contributed by atoms with Crippen LogP contribution < -0.4 is 10.6 Å². The summed E-state index contributed by atoms with van der Waals surface area (Å²) in [5, 5.41) is 5.48. The fourth-order valence-electron chi connectivity index (χ4n) is 2.92. The first kappa shape index (κ1) is 24.9. The SMILES string of the molecule is CC1CC(=O)N(CCC(=O)NCCSSCCNC(=O)CCN2C(=O)C=CC2=O)C1=O. The van der Waals surface area contributed by atoms with Crippen molar-refractivity contribution in [1.82, 2.24) is 20.4 Å². The van der Waals surface area contributed by atoms with Gasteiger partial charge in [-0.25, -0.2) is 0 Å².